The first kappa shape index (κ1) is 20.7. The van der Waals surface area contributed by atoms with E-state index in [1.165, 1.54) is 6.26 Å². The minimum absolute atomic E-state index is 0. The Labute approximate surface area is 135 Å². The van der Waals surface area contributed by atoms with Crippen molar-refractivity contribution >= 4 is 28.2 Å². The van der Waals surface area contributed by atoms with E-state index in [1.807, 2.05) is 6.92 Å². The predicted octanol–water partition coefficient (Wildman–Crippen LogP) is 1.37. The monoisotopic (exact) mass is 340 g/mol. The quantitative estimate of drug-likeness (QED) is 0.734. The maximum atomic E-state index is 12.0. The van der Waals surface area contributed by atoms with Crippen LogP contribution in [0.25, 0.3) is 0 Å². The Hall–Kier alpha value is -0.330. The van der Waals surface area contributed by atoms with Gasteiger partial charge < -0.3 is 10.6 Å². The van der Waals surface area contributed by atoms with E-state index >= 15 is 0 Å². The van der Waals surface area contributed by atoms with Gasteiger partial charge in [0.1, 0.15) is 9.84 Å². The molecular formula is C14H29ClN2O3S. The average molecular weight is 341 g/mol. The molecule has 5 nitrogen and oxygen atoms in total. The van der Waals surface area contributed by atoms with Crippen molar-refractivity contribution in [2.24, 2.45) is 11.8 Å². The van der Waals surface area contributed by atoms with Gasteiger partial charge in [0.2, 0.25) is 5.91 Å². The fourth-order valence-electron chi connectivity index (χ4n) is 2.67. The molecule has 0 aromatic rings. The van der Waals surface area contributed by atoms with Crippen molar-refractivity contribution in [2.75, 3.05) is 25.1 Å². The third-order valence-electron chi connectivity index (χ3n) is 4.02. The lowest BCUT2D eigenvalue weighted by atomic mass is 9.84. The summed E-state index contributed by atoms with van der Waals surface area (Å²) in [4.78, 5) is 12.0. The maximum Gasteiger partial charge on any atom is 0.220 e. The lowest BCUT2D eigenvalue weighted by Gasteiger charge is -2.28. The Morgan fingerprint density at radius 3 is 2.38 bits per heavy atom. The summed E-state index contributed by atoms with van der Waals surface area (Å²) in [5.41, 5.74) is 0. The normalized spacial score (nSPS) is 19.4. The zero-order chi connectivity index (χ0) is 15.2. The van der Waals surface area contributed by atoms with E-state index in [1.54, 1.807) is 0 Å². The number of hydrogen-bond acceptors (Lipinski definition) is 4. The number of sulfone groups is 1. The second kappa shape index (κ2) is 9.64. The molecule has 0 aliphatic carbocycles. The number of carbonyl (C=O) groups is 1. The third-order valence-corrected chi connectivity index (χ3v) is 5.00. The highest BCUT2D eigenvalue weighted by atomic mass is 35.5. The molecule has 21 heavy (non-hydrogen) atoms. The van der Waals surface area contributed by atoms with Crippen LogP contribution >= 0.6 is 12.4 Å². The SMILES string of the molecule is CC(CCS(C)(=O)=O)NC(=O)CC(C)C1CCNCC1.Cl. The summed E-state index contributed by atoms with van der Waals surface area (Å²) in [5.74, 6) is 1.17. The van der Waals surface area contributed by atoms with Crippen LogP contribution in [0, 0.1) is 11.8 Å². The molecule has 1 amide bonds. The van der Waals surface area contributed by atoms with Gasteiger partial charge in [0.05, 0.1) is 5.75 Å². The van der Waals surface area contributed by atoms with Gasteiger partial charge in [0.15, 0.2) is 0 Å². The summed E-state index contributed by atoms with van der Waals surface area (Å²) < 4.78 is 22.2. The van der Waals surface area contributed by atoms with E-state index < -0.39 is 9.84 Å². The molecular weight excluding hydrogens is 312 g/mol. The van der Waals surface area contributed by atoms with Gasteiger partial charge in [-0.05, 0) is 51.1 Å². The summed E-state index contributed by atoms with van der Waals surface area (Å²) in [5, 5.41) is 6.23. The highest BCUT2D eigenvalue weighted by Crippen LogP contribution is 2.24. The molecule has 1 aliphatic rings. The van der Waals surface area contributed by atoms with Crippen molar-refractivity contribution in [2.45, 2.75) is 45.6 Å². The Bertz CT molecular complexity index is 408. The molecule has 0 radical (unpaired) electrons. The predicted molar refractivity (Wildman–Crippen MR) is 88.6 cm³/mol. The van der Waals surface area contributed by atoms with Crippen LogP contribution in [0.1, 0.15) is 39.5 Å². The molecule has 7 heteroatoms. The van der Waals surface area contributed by atoms with Crippen molar-refractivity contribution in [3.8, 4) is 0 Å². The topological polar surface area (TPSA) is 75.3 Å². The number of hydrogen-bond donors (Lipinski definition) is 2. The highest BCUT2D eigenvalue weighted by molar-refractivity contribution is 7.90. The Kier molecular flexibility index (Phi) is 9.49. The second-order valence-electron chi connectivity index (χ2n) is 6.16. The molecule has 0 bridgehead atoms. The van der Waals surface area contributed by atoms with Gasteiger partial charge in [-0.1, -0.05) is 6.92 Å². The summed E-state index contributed by atoms with van der Waals surface area (Å²) in [6.07, 6.45) is 4.51. The Morgan fingerprint density at radius 2 is 1.86 bits per heavy atom. The molecule has 2 atom stereocenters. The summed E-state index contributed by atoms with van der Waals surface area (Å²) in [7, 11) is -2.95. The van der Waals surface area contributed by atoms with Crippen LogP contribution in [0.2, 0.25) is 0 Å². The van der Waals surface area contributed by atoms with E-state index in [2.05, 4.69) is 17.6 Å². The van der Waals surface area contributed by atoms with E-state index in [-0.39, 0.29) is 30.1 Å². The van der Waals surface area contributed by atoms with E-state index in [9.17, 15) is 13.2 Å². The molecule has 0 saturated carbocycles. The molecule has 1 heterocycles. The van der Waals surface area contributed by atoms with Gasteiger partial charge in [-0.2, -0.15) is 0 Å². The Balaban J connectivity index is 0.00000400. The fraction of sp³-hybridized carbons (Fsp3) is 0.929. The standard InChI is InChI=1S/C14H28N2O3S.ClH/c1-11(13-4-7-15-8-5-13)10-14(17)16-12(2)6-9-20(3,18)19;/h11-13,15H,4-10H2,1-3H3,(H,16,17);1H. The largest absolute Gasteiger partial charge is 0.354 e. The fourth-order valence-corrected chi connectivity index (χ4v) is 3.45. The van der Waals surface area contributed by atoms with Crippen LogP contribution in [0.15, 0.2) is 0 Å². The molecule has 2 N–H and O–H groups in total. The van der Waals surface area contributed by atoms with Crippen LogP contribution in [0.3, 0.4) is 0 Å². The van der Waals surface area contributed by atoms with Crippen LogP contribution in [-0.4, -0.2) is 45.5 Å². The van der Waals surface area contributed by atoms with Crippen molar-refractivity contribution in [1.29, 1.82) is 0 Å². The minimum atomic E-state index is -2.95. The van der Waals surface area contributed by atoms with Gasteiger partial charge in [0.25, 0.3) is 0 Å². The first-order chi connectivity index (χ1) is 9.28. The van der Waals surface area contributed by atoms with Crippen molar-refractivity contribution in [3.63, 3.8) is 0 Å². The van der Waals surface area contributed by atoms with Crippen LogP contribution in [-0.2, 0) is 14.6 Å². The van der Waals surface area contributed by atoms with Gasteiger partial charge in [-0.25, -0.2) is 8.42 Å². The highest BCUT2D eigenvalue weighted by Gasteiger charge is 2.22. The minimum Gasteiger partial charge on any atom is -0.354 e. The van der Waals surface area contributed by atoms with Gasteiger partial charge in [-0.15, -0.1) is 12.4 Å². The van der Waals surface area contributed by atoms with Gasteiger partial charge in [-0.3, -0.25) is 4.79 Å². The lowest BCUT2D eigenvalue weighted by molar-refractivity contribution is -0.123. The first-order valence-electron chi connectivity index (χ1n) is 7.45. The van der Waals surface area contributed by atoms with Crippen LogP contribution < -0.4 is 10.6 Å². The number of nitrogens with one attached hydrogen (secondary N) is 2. The summed E-state index contributed by atoms with van der Waals surface area (Å²) in [6, 6.07) is -0.0857. The van der Waals surface area contributed by atoms with Gasteiger partial charge >= 0.3 is 0 Å². The molecule has 126 valence electrons. The molecule has 1 saturated heterocycles. The van der Waals surface area contributed by atoms with Crippen LogP contribution in [0.4, 0.5) is 0 Å². The number of piperidine rings is 1. The summed E-state index contributed by atoms with van der Waals surface area (Å²) >= 11 is 0. The number of amides is 1. The van der Waals surface area contributed by atoms with E-state index in [0.29, 0.717) is 24.7 Å². The zero-order valence-corrected chi connectivity index (χ0v) is 14.9. The maximum absolute atomic E-state index is 12.0. The zero-order valence-electron chi connectivity index (χ0n) is 13.2. The molecule has 0 spiro atoms. The van der Waals surface area contributed by atoms with Crippen LogP contribution in [0.5, 0.6) is 0 Å². The van der Waals surface area contributed by atoms with E-state index in [4.69, 9.17) is 0 Å². The van der Waals surface area contributed by atoms with Crippen molar-refractivity contribution < 1.29 is 13.2 Å². The summed E-state index contributed by atoms with van der Waals surface area (Å²) in [6.45, 7) is 6.08. The number of rotatable bonds is 7. The number of carbonyl (C=O) groups excluding carboxylic acids is 1. The van der Waals surface area contributed by atoms with Gasteiger partial charge in [0, 0.05) is 18.7 Å². The smallest absolute Gasteiger partial charge is 0.220 e. The molecule has 1 fully saturated rings. The molecule has 0 aromatic heterocycles. The number of halogens is 1. The average Bonchev–Trinajstić information content (AvgIpc) is 2.36. The van der Waals surface area contributed by atoms with Crippen molar-refractivity contribution in [3.05, 3.63) is 0 Å². The first-order valence-corrected chi connectivity index (χ1v) is 9.52. The molecule has 0 aromatic carbocycles. The third kappa shape index (κ3) is 9.32. The second-order valence-corrected chi connectivity index (χ2v) is 8.42. The molecule has 1 aliphatic heterocycles. The Morgan fingerprint density at radius 1 is 1.29 bits per heavy atom. The molecule has 2 unspecified atom stereocenters. The van der Waals surface area contributed by atoms with Crippen molar-refractivity contribution in [1.82, 2.24) is 10.6 Å². The van der Waals surface area contributed by atoms with E-state index in [0.717, 1.165) is 25.9 Å². The lowest BCUT2D eigenvalue weighted by Crippen LogP contribution is -2.37. The molecule has 1 rings (SSSR count).